The van der Waals surface area contributed by atoms with Gasteiger partial charge in [0.2, 0.25) is 0 Å². The number of rotatable bonds is 6. The lowest BCUT2D eigenvalue weighted by molar-refractivity contribution is 0.610. The molecule has 76 valence electrons. The number of hydrogen-bond acceptors (Lipinski definition) is 2. The van der Waals surface area contributed by atoms with E-state index in [9.17, 15) is 0 Å². The van der Waals surface area contributed by atoms with Crippen molar-refractivity contribution in [2.24, 2.45) is 5.92 Å². The normalized spacial score (nSPS) is 15.7. The molecule has 0 aromatic carbocycles. The first-order chi connectivity index (χ1) is 6.95. The summed E-state index contributed by atoms with van der Waals surface area (Å²) in [5.74, 6) is 1.04. The molecule has 0 amide bonds. The Morgan fingerprint density at radius 2 is 2.21 bits per heavy atom. The van der Waals surface area contributed by atoms with Crippen molar-refractivity contribution in [3.8, 4) is 0 Å². The van der Waals surface area contributed by atoms with E-state index in [1.54, 1.807) is 0 Å². The molecule has 1 aromatic heterocycles. The van der Waals surface area contributed by atoms with Gasteiger partial charge in [0.25, 0.3) is 0 Å². The largest absolute Gasteiger partial charge is 0.316 e. The maximum absolute atomic E-state index is 4.28. The van der Waals surface area contributed by atoms with E-state index in [1.807, 2.05) is 18.3 Å². The monoisotopic (exact) mass is 190 g/mol. The minimum atomic E-state index is 1.04. The fourth-order valence-corrected chi connectivity index (χ4v) is 1.60. The van der Waals surface area contributed by atoms with E-state index in [0.717, 1.165) is 18.9 Å². The van der Waals surface area contributed by atoms with Gasteiger partial charge in [0, 0.05) is 24.9 Å². The summed E-state index contributed by atoms with van der Waals surface area (Å²) >= 11 is 0. The zero-order valence-corrected chi connectivity index (χ0v) is 8.58. The van der Waals surface area contributed by atoms with E-state index >= 15 is 0 Å². The van der Waals surface area contributed by atoms with Gasteiger partial charge in [-0.3, -0.25) is 4.98 Å². The number of aromatic nitrogens is 1. The summed E-state index contributed by atoms with van der Waals surface area (Å²) in [5, 5.41) is 3.47. The van der Waals surface area contributed by atoms with Crippen LogP contribution in [0, 0.1) is 5.92 Å². The van der Waals surface area contributed by atoms with E-state index in [-0.39, 0.29) is 0 Å². The van der Waals surface area contributed by atoms with Crippen molar-refractivity contribution < 1.29 is 0 Å². The molecule has 1 aliphatic carbocycles. The van der Waals surface area contributed by atoms with E-state index in [2.05, 4.69) is 16.4 Å². The average molecular weight is 190 g/mol. The topological polar surface area (TPSA) is 24.9 Å². The molecule has 2 nitrogen and oxygen atoms in total. The average Bonchev–Trinajstić information content (AvgIpc) is 3.03. The van der Waals surface area contributed by atoms with Gasteiger partial charge >= 0.3 is 0 Å². The highest BCUT2D eigenvalue weighted by Crippen LogP contribution is 2.31. The summed E-state index contributed by atoms with van der Waals surface area (Å²) in [4.78, 5) is 4.28. The highest BCUT2D eigenvalue weighted by Gasteiger charge is 2.19. The highest BCUT2D eigenvalue weighted by molar-refractivity contribution is 5.03. The summed E-state index contributed by atoms with van der Waals surface area (Å²) in [7, 11) is 0. The highest BCUT2D eigenvalue weighted by atomic mass is 14.9. The summed E-state index contributed by atoms with van der Waals surface area (Å²) < 4.78 is 0. The number of hydrogen-bond donors (Lipinski definition) is 1. The fraction of sp³-hybridized carbons (Fsp3) is 0.583. The predicted molar refractivity (Wildman–Crippen MR) is 58.2 cm³/mol. The van der Waals surface area contributed by atoms with Crippen LogP contribution in [0.25, 0.3) is 0 Å². The predicted octanol–water partition coefficient (Wildman–Crippen LogP) is 2.01. The Bertz CT molecular complexity index is 254. The van der Waals surface area contributed by atoms with Crippen LogP contribution in [0.15, 0.2) is 24.4 Å². The second kappa shape index (κ2) is 5.11. The molecule has 1 N–H and O–H groups in total. The fourth-order valence-electron chi connectivity index (χ4n) is 1.60. The standard InChI is InChI=1S/C12H18N2/c1-2-8-14-12(3-1)7-10-13-9-6-11-4-5-11/h1-3,8,11,13H,4-7,9-10H2. The smallest absolute Gasteiger partial charge is 0.0416 e. The Labute approximate surface area is 85.7 Å². The molecule has 2 rings (SSSR count). The Balaban J connectivity index is 1.54. The zero-order chi connectivity index (χ0) is 9.64. The zero-order valence-electron chi connectivity index (χ0n) is 8.58. The molecular formula is C12H18N2. The van der Waals surface area contributed by atoms with Gasteiger partial charge < -0.3 is 5.32 Å². The Hall–Kier alpha value is -0.890. The van der Waals surface area contributed by atoms with Crippen molar-refractivity contribution in [1.82, 2.24) is 10.3 Å². The van der Waals surface area contributed by atoms with Crippen molar-refractivity contribution >= 4 is 0 Å². The third-order valence-corrected chi connectivity index (χ3v) is 2.71. The van der Waals surface area contributed by atoms with Crippen molar-refractivity contribution in [3.05, 3.63) is 30.1 Å². The van der Waals surface area contributed by atoms with Gasteiger partial charge in [-0.1, -0.05) is 18.9 Å². The molecule has 0 radical (unpaired) electrons. The Kier molecular flexibility index (Phi) is 3.52. The van der Waals surface area contributed by atoms with E-state index < -0.39 is 0 Å². The lowest BCUT2D eigenvalue weighted by atomic mass is 10.2. The maximum atomic E-state index is 4.28. The van der Waals surface area contributed by atoms with Crippen molar-refractivity contribution in [2.45, 2.75) is 25.7 Å². The molecule has 1 aromatic rings. The van der Waals surface area contributed by atoms with Crippen LogP contribution in [0.3, 0.4) is 0 Å². The molecule has 0 bridgehead atoms. The number of nitrogens with one attached hydrogen (secondary N) is 1. The summed E-state index contributed by atoms with van der Waals surface area (Å²) in [6, 6.07) is 6.10. The molecule has 1 aliphatic rings. The molecule has 0 aliphatic heterocycles. The van der Waals surface area contributed by atoms with Crippen LogP contribution in [0.1, 0.15) is 25.0 Å². The quantitative estimate of drug-likeness (QED) is 0.694. The van der Waals surface area contributed by atoms with Crippen LogP contribution < -0.4 is 5.32 Å². The van der Waals surface area contributed by atoms with Crippen LogP contribution in [0.4, 0.5) is 0 Å². The maximum Gasteiger partial charge on any atom is 0.0416 e. The molecule has 1 fully saturated rings. The second-order valence-corrected chi connectivity index (χ2v) is 4.05. The van der Waals surface area contributed by atoms with Crippen molar-refractivity contribution in [1.29, 1.82) is 0 Å². The van der Waals surface area contributed by atoms with Gasteiger partial charge in [-0.05, 0) is 31.0 Å². The van der Waals surface area contributed by atoms with Crippen LogP contribution in [-0.2, 0) is 6.42 Å². The molecular weight excluding hydrogens is 172 g/mol. The summed E-state index contributed by atoms with van der Waals surface area (Å²) in [6.07, 6.45) is 7.19. The van der Waals surface area contributed by atoms with Gasteiger partial charge in [-0.15, -0.1) is 0 Å². The molecule has 0 spiro atoms. The van der Waals surface area contributed by atoms with Crippen LogP contribution >= 0.6 is 0 Å². The summed E-state index contributed by atoms with van der Waals surface area (Å²) in [6.45, 7) is 2.24. The number of nitrogens with zero attached hydrogens (tertiary/aromatic N) is 1. The second-order valence-electron chi connectivity index (χ2n) is 4.05. The lowest BCUT2D eigenvalue weighted by Crippen LogP contribution is -2.19. The summed E-state index contributed by atoms with van der Waals surface area (Å²) in [5.41, 5.74) is 1.19. The Morgan fingerprint density at radius 3 is 2.93 bits per heavy atom. The van der Waals surface area contributed by atoms with Gasteiger partial charge in [0.1, 0.15) is 0 Å². The lowest BCUT2D eigenvalue weighted by Gasteiger charge is -2.03. The molecule has 0 saturated heterocycles. The third-order valence-electron chi connectivity index (χ3n) is 2.71. The van der Waals surface area contributed by atoms with Gasteiger partial charge in [0.05, 0.1) is 0 Å². The van der Waals surface area contributed by atoms with Crippen LogP contribution in [0.2, 0.25) is 0 Å². The molecule has 1 saturated carbocycles. The molecule has 0 atom stereocenters. The molecule has 0 unspecified atom stereocenters. The van der Waals surface area contributed by atoms with Gasteiger partial charge in [-0.25, -0.2) is 0 Å². The van der Waals surface area contributed by atoms with Gasteiger partial charge in [0.15, 0.2) is 0 Å². The van der Waals surface area contributed by atoms with E-state index in [0.29, 0.717) is 0 Å². The SMILES string of the molecule is c1ccc(CCNCCC2CC2)nc1. The molecule has 2 heteroatoms. The van der Waals surface area contributed by atoms with Crippen molar-refractivity contribution in [3.63, 3.8) is 0 Å². The minimum absolute atomic E-state index is 1.04. The number of pyridine rings is 1. The minimum Gasteiger partial charge on any atom is -0.316 e. The first kappa shape index (κ1) is 9.66. The van der Waals surface area contributed by atoms with Crippen LogP contribution in [-0.4, -0.2) is 18.1 Å². The molecule has 1 heterocycles. The Morgan fingerprint density at radius 1 is 1.29 bits per heavy atom. The van der Waals surface area contributed by atoms with Crippen molar-refractivity contribution in [2.75, 3.05) is 13.1 Å². The first-order valence-electron chi connectivity index (χ1n) is 5.56. The van der Waals surface area contributed by atoms with Gasteiger partial charge in [-0.2, -0.15) is 0 Å². The third kappa shape index (κ3) is 3.46. The molecule has 14 heavy (non-hydrogen) atoms. The van der Waals surface area contributed by atoms with E-state index in [1.165, 1.54) is 31.5 Å². The van der Waals surface area contributed by atoms with Crippen LogP contribution in [0.5, 0.6) is 0 Å². The van der Waals surface area contributed by atoms with E-state index in [4.69, 9.17) is 0 Å². The first-order valence-corrected chi connectivity index (χ1v) is 5.56.